The number of anilines is 1. The summed E-state index contributed by atoms with van der Waals surface area (Å²) in [7, 11) is 0. The molecule has 0 radical (unpaired) electrons. The van der Waals surface area contributed by atoms with Crippen LogP contribution in [-0.2, 0) is 4.79 Å². The van der Waals surface area contributed by atoms with E-state index in [0.29, 0.717) is 24.9 Å². The van der Waals surface area contributed by atoms with Crippen molar-refractivity contribution < 1.29 is 9.53 Å². The summed E-state index contributed by atoms with van der Waals surface area (Å²) in [6.45, 7) is 6.96. The SMILES string of the molecule is CCOc1ccccc1NC(=O)CNC(C)CC. The average molecular weight is 250 g/mol. The number of benzene rings is 1. The van der Waals surface area contributed by atoms with Crippen molar-refractivity contribution in [2.75, 3.05) is 18.5 Å². The molecule has 0 spiro atoms. The molecule has 0 saturated carbocycles. The molecule has 1 aromatic rings. The van der Waals surface area contributed by atoms with Crippen molar-refractivity contribution in [2.45, 2.75) is 33.2 Å². The molecule has 4 heteroatoms. The third-order valence-electron chi connectivity index (χ3n) is 2.68. The maximum Gasteiger partial charge on any atom is 0.238 e. The minimum atomic E-state index is -0.0533. The Hall–Kier alpha value is -1.55. The first-order valence-electron chi connectivity index (χ1n) is 6.42. The van der Waals surface area contributed by atoms with Crippen LogP contribution in [0.3, 0.4) is 0 Å². The third-order valence-corrected chi connectivity index (χ3v) is 2.68. The van der Waals surface area contributed by atoms with Crippen LogP contribution in [0.5, 0.6) is 5.75 Å². The molecule has 100 valence electrons. The van der Waals surface area contributed by atoms with E-state index >= 15 is 0 Å². The van der Waals surface area contributed by atoms with E-state index in [4.69, 9.17) is 4.74 Å². The standard InChI is InChI=1S/C14H22N2O2/c1-4-11(3)15-10-14(17)16-12-8-6-7-9-13(12)18-5-2/h6-9,11,15H,4-5,10H2,1-3H3,(H,16,17). The van der Waals surface area contributed by atoms with Crippen LogP contribution < -0.4 is 15.4 Å². The second kappa shape index (κ2) is 7.71. The average Bonchev–Trinajstić information content (AvgIpc) is 2.38. The lowest BCUT2D eigenvalue weighted by atomic mass is 10.2. The number of para-hydroxylation sites is 2. The van der Waals surface area contributed by atoms with Gasteiger partial charge in [-0.05, 0) is 32.4 Å². The molecule has 0 aromatic heterocycles. The van der Waals surface area contributed by atoms with Crippen molar-refractivity contribution in [3.63, 3.8) is 0 Å². The summed E-state index contributed by atoms with van der Waals surface area (Å²) < 4.78 is 5.45. The van der Waals surface area contributed by atoms with E-state index in [9.17, 15) is 4.79 Å². The summed E-state index contributed by atoms with van der Waals surface area (Å²) in [4.78, 5) is 11.8. The van der Waals surface area contributed by atoms with Crippen molar-refractivity contribution in [2.24, 2.45) is 0 Å². The van der Waals surface area contributed by atoms with Gasteiger partial charge in [-0.25, -0.2) is 0 Å². The predicted octanol–water partition coefficient (Wildman–Crippen LogP) is 2.41. The fourth-order valence-electron chi connectivity index (χ4n) is 1.46. The Morgan fingerprint density at radius 3 is 2.72 bits per heavy atom. The Morgan fingerprint density at radius 2 is 2.06 bits per heavy atom. The number of carbonyl (C=O) groups is 1. The molecule has 1 amide bonds. The molecule has 0 fully saturated rings. The summed E-state index contributed by atoms with van der Waals surface area (Å²) in [5.41, 5.74) is 0.718. The zero-order valence-corrected chi connectivity index (χ0v) is 11.3. The summed E-state index contributed by atoms with van der Waals surface area (Å²) in [6, 6.07) is 7.80. The van der Waals surface area contributed by atoms with Crippen LogP contribution in [0.15, 0.2) is 24.3 Å². The zero-order chi connectivity index (χ0) is 13.4. The molecular formula is C14H22N2O2. The van der Waals surface area contributed by atoms with E-state index in [1.807, 2.05) is 31.2 Å². The number of carbonyl (C=O) groups excluding carboxylic acids is 1. The molecule has 1 aromatic carbocycles. The van der Waals surface area contributed by atoms with E-state index in [0.717, 1.165) is 12.1 Å². The lowest BCUT2D eigenvalue weighted by Crippen LogP contribution is -2.34. The quantitative estimate of drug-likeness (QED) is 0.781. The Morgan fingerprint density at radius 1 is 1.33 bits per heavy atom. The van der Waals surface area contributed by atoms with Crippen LogP contribution in [-0.4, -0.2) is 25.1 Å². The van der Waals surface area contributed by atoms with Crippen LogP contribution in [0.1, 0.15) is 27.2 Å². The van der Waals surface area contributed by atoms with Gasteiger partial charge in [0, 0.05) is 6.04 Å². The van der Waals surface area contributed by atoms with Gasteiger partial charge in [0.2, 0.25) is 5.91 Å². The highest BCUT2D eigenvalue weighted by molar-refractivity contribution is 5.93. The van der Waals surface area contributed by atoms with Gasteiger partial charge in [-0.3, -0.25) is 4.79 Å². The third kappa shape index (κ3) is 4.75. The smallest absolute Gasteiger partial charge is 0.238 e. The van der Waals surface area contributed by atoms with E-state index in [1.54, 1.807) is 0 Å². The Kier molecular flexibility index (Phi) is 6.22. The Bertz CT molecular complexity index is 380. The summed E-state index contributed by atoms with van der Waals surface area (Å²) >= 11 is 0. The first-order chi connectivity index (χ1) is 8.67. The highest BCUT2D eigenvalue weighted by Crippen LogP contribution is 2.23. The largest absolute Gasteiger partial charge is 0.492 e. The number of hydrogen-bond donors (Lipinski definition) is 2. The topological polar surface area (TPSA) is 50.4 Å². The Labute approximate surface area is 109 Å². The first kappa shape index (κ1) is 14.5. The molecule has 2 N–H and O–H groups in total. The maximum atomic E-state index is 11.8. The van der Waals surface area contributed by atoms with Crippen molar-refractivity contribution in [3.05, 3.63) is 24.3 Å². The molecule has 0 saturated heterocycles. The van der Waals surface area contributed by atoms with Gasteiger partial charge in [0.1, 0.15) is 5.75 Å². The van der Waals surface area contributed by atoms with Gasteiger partial charge in [0.25, 0.3) is 0 Å². The van der Waals surface area contributed by atoms with E-state index in [1.165, 1.54) is 0 Å². The normalized spacial score (nSPS) is 11.9. The molecule has 0 aliphatic rings. The molecular weight excluding hydrogens is 228 g/mol. The molecule has 4 nitrogen and oxygen atoms in total. The number of nitrogens with one attached hydrogen (secondary N) is 2. The number of amides is 1. The van der Waals surface area contributed by atoms with Crippen molar-refractivity contribution in [1.82, 2.24) is 5.32 Å². The number of rotatable bonds is 7. The minimum Gasteiger partial charge on any atom is -0.492 e. The van der Waals surface area contributed by atoms with Crippen LogP contribution in [0.2, 0.25) is 0 Å². The van der Waals surface area contributed by atoms with Gasteiger partial charge in [0.15, 0.2) is 0 Å². The summed E-state index contributed by atoms with van der Waals surface area (Å²) in [5, 5.41) is 6.00. The lowest BCUT2D eigenvalue weighted by molar-refractivity contribution is -0.115. The minimum absolute atomic E-state index is 0.0533. The summed E-state index contributed by atoms with van der Waals surface area (Å²) in [5.74, 6) is 0.652. The van der Waals surface area contributed by atoms with Crippen molar-refractivity contribution in [3.8, 4) is 5.75 Å². The molecule has 0 aliphatic heterocycles. The molecule has 0 aliphatic carbocycles. The highest BCUT2D eigenvalue weighted by atomic mass is 16.5. The molecule has 1 unspecified atom stereocenters. The molecule has 1 rings (SSSR count). The van der Waals surface area contributed by atoms with Gasteiger partial charge < -0.3 is 15.4 Å². The van der Waals surface area contributed by atoms with Gasteiger partial charge in [0.05, 0.1) is 18.8 Å². The van der Waals surface area contributed by atoms with Crippen LogP contribution in [0, 0.1) is 0 Å². The van der Waals surface area contributed by atoms with Crippen LogP contribution >= 0.6 is 0 Å². The van der Waals surface area contributed by atoms with E-state index in [-0.39, 0.29) is 5.91 Å². The van der Waals surface area contributed by atoms with E-state index < -0.39 is 0 Å². The van der Waals surface area contributed by atoms with Crippen LogP contribution in [0.4, 0.5) is 5.69 Å². The van der Waals surface area contributed by atoms with Gasteiger partial charge in [-0.2, -0.15) is 0 Å². The Balaban J connectivity index is 2.53. The van der Waals surface area contributed by atoms with Crippen molar-refractivity contribution in [1.29, 1.82) is 0 Å². The van der Waals surface area contributed by atoms with Gasteiger partial charge >= 0.3 is 0 Å². The zero-order valence-electron chi connectivity index (χ0n) is 11.3. The monoisotopic (exact) mass is 250 g/mol. The second-order valence-corrected chi connectivity index (χ2v) is 4.17. The predicted molar refractivity (Wildman–Crippen MR) is 74.0 cm³/mol. The fraction of sp³-hybridized carbons (Fsp3) is 0.500. The first-order valence-corrected chi connectivity index (χ1v) is 6.42. The van der Waals surface area contributed by atoms with Crippen molar-refractivity contribution >= 4 is 11.6 Å². The number of hydrogen-bond acceptors (Lipinski definition) is 3. The lowest BCUT2D eigenvalue weighted by Gasteiger charge is -2.13. The second-order valence-electron chi connectivity index (χ2n) is 4.17. The van der Waals surface area contributed by atoms with E-state index in [2.05, 4.69) is 24.5 Å². The van der Waals surface area contributed by atoms with Gasteiger partial charge in [-0.1, -0.05) is 19.1 Å². The maximum absolute atomic E-state index is 11.8. The molecule has 0 heterocycles. The van der Waals surface area contributed by atoms with Gasteiger partial charge in [-0.15, -0.1) is 0 Å². The number of ether oxygens (including phenoxy) is 1. The summed E-state index contributed by atoms with van der Waals surface area (Å²) in [6.07, 6.45) is 1.00. The molecule has 1 atom stereocenters. The molecule has 0 bridgehead atoms. The highest BCUT2D eigenvalue weighted by Gasteiger charge is 2.07. The molecule has 18 heavy (non-hydrogen) atoms. The van der Waals surface area contributed by atoms with Crippen LogP contribution in [0.25, 0.3) is 0 Å². The fourth-order valence-corrected chi connectivity index (χ4v) is 1.46.